The maximum Gasteiger partial charge on any atom is 0.261 e. The number of allylic oxidation sites excluding steroid dienone is 9. The standard InChI is InChI=1S/C26H33NO6/c1-16(2)22-24(30)21(26(31)27(22)4)18(28)13-11-9-7-5-6-8-10-12-14-19-23(29)25-20(33-19)15-17(3)32-25/h5-14,16-17,19-20,22-23,25,28-29H,15H2,1-4H3/b6-5?,9-7?,10-8?,13-11?,14-12?,21-18+. The quantitative estimate of drug-likeness (QED) is 0.265. The van der Waals surface area contributed by atoms with Gasteiger partial charge in [0.15, 0.2) is 5.78 Å². The summed E-state index contributed by atoms with van der Waals surface area (Å²) in [6.07, 6.45) is 17.0. The van der Waals surface area contributed by atoms with Crippen LogP contribution in [0.4, 0.5) is 0 Å². The lowest BCUT2D eigenvalue weighted by Gasteiger charge is -2.20. The lowest BCUT2D eigenvalue weighted by atomic mass is 9.98. The van der Waals surface area contributed by atoms with Crippen LogP contribution in [0.5, 0.6) is 0 Å². The number of hydrogen-bond acceptors (Lipinski definition) is 6. The van der Waals surface area contributed by atoms with E-state index in [1.807, 2.05) is 51.2 Å². The number of rotatable bonds is 7. The molecule has 33 heavy (non-hydrogen) atoms. The van der Waals surface area contributed by atoms with Crippen molar-refractivity contribution in [2.24, 2.45) is 5.92 Å². The van der Waals surface area contributed by atoms with Gasteiger partial charge in [0.2, 0.25) is 0 Å². The number of likely N-dealkylation sites (tertiary alicyclic amines) is 1. The van der Waals surface area contributed by atoms with Gasteiger partial charge in [-0.05, 0) is 18.9 Å². The van der Waals surface area contributed by atoms with Crippen LogP contribution in [0.2, 0.25) is 0 Å². The molecule has 3 rings (SSSR count). The van der Waals surface area contributed by atoms with Crippen LogP contribution in [0.15, 0.2) is 72.1 Å². The molecule has 3 fully saturated rings. The predicted octanol–water partition coefficient (Wildman–Crippen LogP) is 2.95. The Bertz CT molecular complexity index is 925. The van der Waals surface area contributed by atoms with Crippen LogP contribution < -0.4 is 0 Å². The van der Waals surface area contributed by atoms with E-state index in [1.165, 1.54) is 11.0 Å². The number of carbonyl (C=O) groups excluding carboxylic acids is 2. The molecule has 0 saturated carbocycles. The van der Waals surface area contributed by atoms with Gasteiger partial charge in [-0.25, -0.2) is 0 Å². The highest BCUT2D eigenvalue weighted by molar-refractivity contribution is 6.27. The molecule has 178 valence electrons. The fourth-order valence-corrected chi connectivity index (χ4v) is 4.44. The molecule has 3 aliphatic heterocycles. The van der Waals surface area contributed by atoms with Crippen LogP contribution in [0.1, 0.15) is 27.2 Å². The zero-order valence-electron chi connectivity index (χ0n) is 19.5. The van der Waals surface area contributed by atoms with Gasteiger partial charge in [0.05, 0.1) is 18.2 Å². The first-order valence-corrected chi connectivity index (χ1v) is 11.3. The topological polar surface area (TPSA) is 96.3 Å². The first-order chi connectivity index (χ1) is 15.7. The Morgan fingerprint density at radius 2 is 1.64 bits per heavy atom. The molecule has 7 heteroatoms. The van der Waals surface area contributed by atoms with Crippen LogP contribution in [0, 0.1) is 5.92 Å². The highest BCUT2D eigenvalue weighted by Crippen LogP contribution is 2.34. The molecule has 0 bridgehead atoms. The summed E-state index contributed by atoms with van der Waals surface area (Å²) in [6.45, 7) is 5.72. The van der Waals surface area contributed by atoms with E-state index in [4.69, 9.17) is 9.47 Å². The largest absolute Gasteiger partial charge is 0.507 e. The highest BCUT2D eigenvalue weighted by atomic mass is 16.6. The van der Waals surface area contributed by atoms with Crippen molar-refractivity contribution in [3.05, 3.63) is 72.1 Å². The average molecular weight is 456 g/mol. The van der Waals surface area contributed by atoms with Crippen molar-refractivity contribution in [1.29, 1.82) is 0 Å². The molecule has 0 aromatic carbocycles. The van der Waals surface area contributed by atoms with E-state index in [-0.39, 0.29) is 47.4 Å². The van der Waals surface area contributed by atoms with Crippen LogP contribution in [-0.4, -0.2) is 70.4 Å². The highest BCUT2D eigenvalue weighted by Gasteiger charge is 2.48. The Morgan fingerprint density at radius 1 is 1.03 bits per heavy atom. The maximum absolute atomic E-state index is 12.5. The number of likely N-dealkylation sites (N-methyl/N-ethyl adjacent to an activating group) is 1. The Kier molecular flexibility index (Phi) is 8.24. The Balaban J connectivity index is 1.46. The Morgan fingerprint density at radius 3 is 2.21 bits per heavy atom. The van der Waals surface area contributed by atoms with Gasteiger partial charge in [-0.1, -0.05) is 68.5 Å². The smallest absolute Gasteiger partial charge is 0.261 e. The molecular formula is C26H33NO6. The van der Waals surface area contributed by atoms with E-state index in [2.05, 4.69) is 0 Å². The maximum atomic E-state index is 12.5. The SMILES string of the molecule is CC1CC2OC(C=CC=CC=CC=CC=C/C(O)=C3/C(=O)C(C(C)C)N(C)C3=O)C(O)C2O1. The monoisotopic (exact) mass is 455 g/mol. The van der Waals surface area contributed by atoms with E-state index in [0.29, 0.717) is 0 Å². The van der Waals surface area contributed by atoms with Gasteiger partial charge >= 0.3 is 0 Å². The molecular weight excluding hydrogens is 422 g/mol. The van der Waals surface area contributed by atoms with E-state index in [9.17, 15) is 19.8 Å². The van der Waals surface area contributed by atoms with Gasteiger partial charge in [-0.3, -0.25) is 9.59 Å². The van der Waals surface area contributed by atoms with Crippen LogP contribution >= 0.6 is 0 Å². The number of nitrogens with zero attached hydrogens (tertiary/aromatic N) is 1. The molecule has 3 heterocycles. The summed E-state index contributed by atoms with van der Waals surface area (Å²) in [7, 11) is 1.57. The lowest BCUT2D eigenvalue weighted by Crippen LogP contribution is -2.36. The van der Waals surface area contributed by atoms with Crippen molar-refractivity contribution < 1.29 is 29.3 Å². The summed E-state index contributed by atoms with van der Waals surface area (Å²) in [4.78, 5) is 26.1. The van der Waals surface area contributed by atoms with Crippen LogP contribution in [-0.2, 0) is 19.1 Å². The number of Topliss-reactive ketones (excluding diaryl/α,β-unsaturated/α-hetero) is 1. The second-order valence-electron chi connectivity index (χ2n) is 8.90. The van der Waals surface area contributed by atoms with Crippen molar-refractivity contribution in [3.63, 3.8) is 0 Å². The summed E-state index contributed by atoms with van der Waals surface area (Å²) in [6, 6.07) is -0.539. The number of ether oxygens (including phenoxy) is 2. The van der Waals surface area contributed by atoms with E-state index < -0.39 is 18.1 Å². The molecule has 6 atom stereocenters. The van der Waals surface area contributed by atoms with E-state index >= 15 is 0 Å². The number of aliphatic hydroxyl groups is 2. The second-order valence-corrected chi connectivity index (χ2v) is 8.90. The van der Waals surface area contributed by atoms with Gasteiger partial charge in [0, 0.05) is 13.5 Å². The molecule has 0 aromatic heterocycles. The zero-order valence-corrected chi connectivity index (χ0v) is 19.5. The summed E-state index contributed by atoms with van der Waals surface area (Å²) in [5.74, 6) is -1.15. The summed E-state index contributed by atoms with van der Waals surface area (Å²) in [5.41, 5.74) is -0.160. The number of amides is 1. The fourth-order valence-electron chi connectivity index (χ4n) is 4.44. The van der Waals surface area contributed by atoms with Crippen molar-refractivity contribution >= 4 is 11.7 Å². The molecule has 0 aromatic rings. The normalized spacial score (nSPS) is 34.7. The van der Waals surface area contributed by atoms with Gasteiger partial charge in [0.1, 0.15) is 29.6 Å². The van der Waals surface area contributed by atoms with Crippen molar-refractivity contribution in [1.82, 2.24) is 4.90 Å². The molecule has 7 nitrogen and oxygen atoms in total. The molecule has 0 aliphatic carbocycles. The lowest BCUT2D eigenvalue weighted by molar-refractivity contribution is -0.126. The number of aliphatic hydroxyl groups excluding tert-OH is 2. The predicted molar refractivity (Wildman–Crippen MR) is 125 cm³/mol. The molecule has 2 N–H and O–H groups in total. The minimum absolute atomic E-state index is 0.0260. The number of hydrogen-bond donors (Lipinski definition) is 2. The number of carbonyl (C=O) groups is 2. The van der Waals surface area contributed by atoms with Gasteiger partial charge in [-0.15, -0.1) is 0 Å². The van der Waals surface area contributed by atoms with Crippen molar-refractivity contribution in [2.45, 2.75) is 63.8 Å². The minimum Gasteiger partial charge on any atom is -0.507 e. The Hall–Kier alpha value is -2.74. The van der Waals surface area contributed by atoms with Gasteiger partial charge in [0.25, 0.3) is 5.91 Å². The third kappa shape index (κ3) is 5.61. The van der Waals surface area contributed by atoms with Crippen LogP contribution in [0.3, 0.4) is 0 Å². The van der Waals surface area contributed by atoms with Crippen molar-refractivity contribution in [2.75, 3.05) is 7.05 Å². The first kappa shape index (κ1) is 24.9. The summed E-state index contributed by atoms with van der Waals surface area (Å²) >= 11 is 0. The van der Waals surface area contributed by atoms with Crippen LogP contribution in [0.25, 0.3) is 0 Å². The minimum atomic E-state index is -0.646. The summed E-state index contributed by atoms with van der Waals surface area (Å²) in [5, 5.41) is 20.5. The molecule has 3 aliphatic rings. The molecule has 0 spiro atoms. The van der Waals surface area contributed by atoms with Gasteiger partial charge < -0.3 is 24.6 Å². The fraction of sp³-hybridized carbons (Fsp3) is 0.462. The first-order valence-electron chi connectivity index (χ1n) is 11.3. The van der Waals surface area contributed by atoms with Gasteiger partial charge in [-0.2, -0.15) is 0 Å². The third-order valence-electron chi connectivity index (χ3n) is 6.01. The average Bonchev–Trinajstić information content (AvgIpc) is 3.33. The van der Waals surface area contributed by atoms with E-state index in [0.717, 1.165) is 6.42 Å². The third-order valence-corrected chi connectivity index (χ3v) is 6.01. The van der Waals surface area contributed by atoms with E-state index in [1.54, 1.807) is 31.4 Å². The van der Waals surface area contributed by atoms with Crippen molar-refractivity contribution in [3.8, 4) is 0 Å². The number of ketones is 1. The zero-order chi connectivity index (χ0) is 24.1. The molecule has 0 radical (unpaired) electrons. The summed E-state index contributed by atoms with van der Waals surface area (Å²) < 4.78 is 11.5. The molecule has 6 unspecified atom stereocenters. The second kappa shape index (κ2) is 10.9. The Labute approximate surface area is 195 Å². The number of fused-ring (bicyclic) bond motifs is 1. The molecule has 3 saturated heterocycles. The molecule has 1 amide bonds.